The first-order valence-corrected chi connectivity index (χ1v) is 35.1. The summed E-state index contributed by atoms with van der Waals surface area (Å²) < 4.78 is 5.50. The third kappa shape index (κ3) is 63.4. The highest BCUT2D eigenvalue weighted by molar-refractivity contribution is 5.76. The van der Waals surface area contributed by atoms with Gasteiger partial charge >= 0.3 is 5.97 Å². The smallest absolute Gasteiger partial charge is 0.305 e. The van der Waals surface area contributed by atoms with E-state index in [0.29, 0.717) is 19.4 Å². The van der Waals surface area contributed by atoms with Crippen LogP contribution in [0.4, 0.5) is 0 Å². The van der Waals surface area contributed by atoms with Gasteiger partial charge in [-0.15, -0.1) is 0 Å². The number of aliphatic hydroxyl groups is 2. The Morgan fingerprint density at radius 2 is 0.610 bits per heavy atom. The highest BCUT2D eigenvalue weighted by Crippen LogP contribution is 2.19. The van der Waals surface area contributed by atoms with Gasteiger partial charge in [-0.3, -0.25) is 9.59 Å². The van der Waals surface area contributed by atoms with Crippen molar-refractivity contribution in [2.24, 2.45) is 0 Å². The highest BCUT2D eigenvalue weighted by atomic mass is 16.5. The van der Waals surface area contributed by atoms with Crippen LogP contribution in [0.5, 0.6) is 0 Å². The fourth-order valence-corrected chi connectivity index (χ4v) is 11.1. The zero-order valence-electron chi connectivity index (χ0n) is 52.2. The summed E-state index contributed by atoms with van der Waals surface area (Å²) in [6, 6.07) is -0.635. The van der Waals surface area contributed by atoms with E-state index in [-0.39, 0.29) is 18.5 Å². The van der Waals surface area contributed by atoms with Crippen molar-refractivity contribution in [3.05, 3.63) is 24.3 Å². The molecule has 0 aromatic heterocycles. The largest absolute Gasteiger partial charge is 0.466 e. The maximum atomic E-state index is 12.5. The molecule has 77 heavy (non-hydrogen) atoms. The lowest BCUT2D eigenvalue weighted by molar-refractivity contribution is -0.143. The van der Waals surface area contributed by atoms with Crippen molar-refractivity contribution in [1.82, 2.24) is 5.32 Å². The maximum Gasteiger partial charge on any atom is 0.305 e. The molecule has 0 rings (SSSR count). The lowest BCUT2D eigenvalue weighted by Gasteiger charge is -2.20. The topological polar surface area (TPSA) is 95.9 Å². The molecule has 2 atom stereocenters. The fraction of sp³-hybridized carbons (Fsp3) is 0.915. The van der Waals surface area contributed by atoms with Crippen molar-refractivity contribution >= 4 is 11.9 Å². The Bertz CT molecular complexity index is 1200. The number of nitrogens with one attached hydrogen (secondary N) is 1. The molecule has 1 amide bonds. The van der Waals surface area contributed by atoms with Gasteiger partial charge in [-0.05, 0) is 57.8 Å². The van der Waals surface area contributed by atoms with Gasteiger partial charge in [0.2, 0.25) is 5.91 Å². The molecule has 456 valence electrons. The summed E-state index contributed by atoms with van der Waals surface area (Å²) in [4.78, 5) is 24.6. The Hall–Kier alpha value is -1.66. The Labute approximate surface area is 481 Å². The van der Waals surface area contributed by atoms with E-state index in [2.05, 4.69) is 31.3 Å². The highest BCUT2D eigenvalue weighted by Gasteiger charge is 2.18. The molecule has 0 spiro atoms. The standard InChI is InChI=1S/C71H137NO5/c1-3-5-7-9-11-13-15-17-19-21-23-24-25-28-31-35-39-43-47-51-55-59-63-69(74)68(67-73)72-70(75)64-60-56-52-48-44-40-36-32-29-26-27-30-34-38-42-46-50-54-58-62-66-77-71(76)65-61-57-53-49-45-41-37-33-22-20-18-16-14-12-10-8-6-4-2/h26,29,59,63,68-69,73-74H,3-25,27-28,30-58,60-62,64-67H2,1-2H3,(H,72,75)/b29-26-,63-59+. The number of carbonyl (C=O) groups excluding carboxylic acids is 2. The predicted octanol–water partition coefficient (Wildman–Crippen LogP) is 22.5. The molecule has 0 aliphatic rings. The van der Waals surface area contributed by atoms with E-state index in [9.17, 15) is 19.8 Å². The molecule has 6 heteroatoms. The van der Waals surface area contributed by atoms with E-state index in [1.165, 1.54) is 321 Å². The lowest BCUT2D eigenvalue weighted by atomic mass is 10.0. The minimum absolute atomic E-state index is 0.0109. The first-order valence-electron chi connectivity index (χ1n) is 35.1. The van der Waals surface area contributed by atoms with Crippen LogP contribution < -0.4 is 5.32 Å². The predicted molar refractivity (Wildman–Crippen MR) is 338 cm³/mol. The summed E-state index contributed by atoms with van der Waals surface area (Å²) >= 11 is 0. The Morgan fingerprint density at radius 3 is 0.922 bits per heavy atom. The molecule has 2 unspecified atom stereocenters. The number of unbranched alkanes of at least 4 members (excludes halogenated alkanes) is 53. The number of allylic oxidation sites excluding steroid dienone is 3. The summed E-state index contributed by atoms with van der Waals surface area (Å²) in [5, 5.41) is 23.2. The van der Waals surface area contributed by atoms with Crippen molar-refractivity contribution < 1.29 is 24.5 Å². The van der Waals surface area contributed by atoms with E-state index < -0.39 is 12.1 Å². The van der Waals surface area contributed by atoms with Crippen LogP contribution in [-0.2, 0) is 14.3 Å². The zero-order chi connectivity index (χ0) is 55.7. The summed E-state index contributed by atoms with van der Waals surface area (Å²) in [6.07, 6.45) is 83.9. The van der Waals surface area contributed by atoms with Crippen LogP contribution in [-0.4, -0.2) is 47.4 Å². The molecule has 0 bridgehead atoms. The number of hydrogen-bond acceptors (Lipinski definition) is 5. The normalized spacial score (nSPS) is 12.6. The third-order valence-corrected chi connectivity index (χ3v) is 16.5. The SMILES string of the molecule is CCCCCCCCCCCCCCCCCCCCCC/C=C/C(O)C(CO)NC(=O)CCCCCCCCC/C=C\CCCCCCCCCCCOC(=O)CCCCCCCCCCCCCCCCCCCC. The van der Waals surface area contributed by atoms with Crippen molar-refractivity contribution in [2.45, 2.75) is 405 Å². The summed E-state index contributed by atoms with van der Waals surface area (Å²) in [6.45, 7) is 4.94. The molecule has 0 aliphatic heterocycles. The van der Waals surface area contributed by atoms with Gasteiger partial charge in [0.1, 0.15) is 0 Å². The van der Waals surface area contributed by atoms with Gasteiger partial charge in [0.25, 0.3) is 0 Å². The van der Waals surface area contributed by atoms with Crippen LogP contribution in [0.2, 0.25) is 0 Å². The van der Waals surface area contributed by atoms with Gasteiger partial charge in [0.15, 0.2) is 0 Å². The monoisotopic (exact) mass is 1080 g/mol. The van der Waals surface area contributed by atoms with Gasteiger partial charge in [0, 0.05) is 12.8 Å². The van der Waals surface area contributed by atoms with Gasteiger partial charge in [-0.2, -0.15) is 0 Å². The second-order valence-electron chi connectivity index (χ2n) is 24.2. The number of aliphatic hydroxyl groups excluding tert-OH is 2. The maximum absolute atomic E-state index is 12.5. The molecule has 0 radical (unpaired) electrons. The quantitative estimate of drug-likeness (QED) is 0.0320. The van der Waals surface area contributed by atoms with E-state index in [4.69, 9.17) is 4.74 Å². The first kappa shape index (κ1) is 75.3. The number of esters is 1. The molecular formula is C71H137NO5. The van der Waals surface area contributed by atoms with Gasteiger partial charge in [-0.25, -0.2) is 0 Å². The van der Waals surface area contributed by atoms with Gasteiger partial charge in [0.05, 0.1) is 25.4 Å². The summed E-state index contributed by atoms with van der Waals surface area (Å²) in [5.74, 6) is -0.0617. The van der Waals surface area contributed by atoms with Crippen molar-refractivity contribution in [2.75, 3.05) is 13.2 Å². The lowest BCUT2D eigenvalue weighted by Crippen LogP contribution is -2.45. The molecule has 6 nitrogen and oxygen atoms in total. The van der Waals surface area contributed by atoms with Crippen molar-refractivity contribution in [3.63, 3.8) is 0 Å². The van der Waals surface area contributed by atoms with Crippen molar-refractivity contribution in [1.29, 1.82) is 0 Å². The number of hydrogen-bond donors (Lipinski definition) is 3. The molecular weight excluding hydrogens is 947 g/mol. The number of rotatable bonds is 66. The molecule has 0 aliphatic carbocycles. The van der Waals surface area contributed by atoms with Crippen LogP contribution in [0, 0.1) is 0 Å². The van der Waals surface area contributed by atoms with E-state index in [1.54, 1.807) is 6.08 Å². The van der Waals surface area contributed by atoms with Crippen LogP contribution in [0.15, 0.2) is 24.3 Å². The second kappa shape index (κ2) is 66.8. The zero-order valence-corrected chi connectivity index (χ0v) is 52.2. The summed E-state index contributed by atoms with van der Waals surface area (Å²) in [5.41, 5.74) is 0. The third-order valence-electron chi connectivity index (χ3n) is 16.5. The van der Waals surface area contributed by atoms with Crippen LogP contribution >= 0.6 is 0 Å². The van der Waals surface area contributed by atoms with Gasteiger partial charge < -0.3 is 20.3 Å². The van der Waals surface area contributed by atoms with Crippen LogP contribution in [0.3, 0.4) is 0 Å². The molecule has 0 aromatic carbocycles. The van der Waals surface area contributed by atoms with Gasteiger partial charge in [-0.1, -0.05) is 346 Å². The average molecular weight is 1080 g/mol. The van der Waals surface area contributed by atoms with Crippen LogP contribution in [0.1, 0.15) is 393 Å². The Balaban J connectivity index is 3.43. The average Bonchev–Trinajstić information content (AvgIpc) is 3.43. The Morgan fingerprint density at radius 1 is 0.351 bits per heavy atom. The number of amides is 1. The second-order valence-corrected chi connectivity index (χ2v) is 24.2. The summed E-state index contributed by atoms with van der Waals surface area (Å²) in [7, 11) is 0. The molecule has 3 N–H and O–H groups in total. The van der Waals surface area contributed by atoms with E-state index in [0.717, 1.165) is 44.9 Å². The molecule has 0 saturated carbocycles. The Kier molecular flexibility index (Phi) is 65.4. The molecule has 0 fully saturated rings. The van der Waals surface area contributed by atoms with Crippen LogP contribution in [0.25, 0.3) is 0 Å². The minimum Gasteiger partial charge on any atom is -0.466 e. The number of ether oxygens (including phenoxy) is 1. The molecule has 0 saturated heterocycles. The molecule has 0 heterocycles. The van der Waals surface area contributed by atoms with E-state index in [1.807, 2.05) is 6.08 Å². The van der Waals surface area contributed by atoms with E-state index >= 15 is 0 Å². The fourth-order valence-electron chi connectivity index (χ4n) is 11.1. The van der Waals surface area contributed by atoms with Crippen molar-refractivity contribution in [3.8, 4) is 0 Å². The molecule has 0 aromatic rings. The first-order chi connectivity index (χ1) is 38.0. The minimum atomic E-state index is -0.851. The number of carbonyl (C=O) groups is 2.